The summed E-state index contributed by atoms with van der Waals surface area (Å²) in [6.45, 7) is 8.51. The smallest absolute Gasteiger partial charge is 0.320 e. The van der Waals surface area contributed by atoms with E-state index in [4.69, 9.17) is 0 Å². The zero-order chi connectivity index (χ0) is 11.5. The normalized spacial score (nSPS) is 25.1. The highest BCUT2D eigenvalue weighted by Gasteiger charge is 2.28. The quantitative estimate of drug-likeness (QED) is 0.707. The summed E-state index contributed by atoms with van der Waals surface area (Å²) in [5.41, 5.74) is 0. The molecule has 108 valence electrons. The van der Waals surface area contributed by atoms with Gasteiger partial charge >= 0.3 is 6.03 Å². The van der Waals surface area contributed by atoms with Crippen LogP contribution >= 0.6 is 24.8 Å². The molecule has 0 spiro atoms. The van der Waals surface area contributed by atoms with Gasteiger partial charge in [-0.2, -0.15) is 0 Å². The monoisotopic (exact) mass is 298 g/mol. The molecule has 0 radical (unpaired) electrons. The number of amides is 2. The fraction of sp³-hybridized carbons (Fsp3) is 0.909. The van der Waals surface area contributed by atoms with Crippen molar-refractivity contribution in [2.24, 2.45) is 0 Å². The average molecular weight is 299 g/mol. The number of urea groups is 1. The Kier molecular flexibility index (Phi) is 7.94. The van der Waals surface area contributed by atoms with Crippen LogP contribution in [0.15, 0.2) is 0 Å². The van der Waals surface area contributed by atoms with Crippen LogP contribution in [-0.2, 0) is 0 Å². The van der Waals surface area contributed by atoms with E-state index in [2.05, 4.69) is 24.2 Å². The number of likely N-dealkylation sites (N-methyl/N-ethyl adjacent to an activating group) is 1. The first-order chi connectivity index (χ1) is 7.68. The predicted octanol–water partition coefficient (Wildman–Crippen LogP) is 0.491. The Morgan fingerprint density at radius 2 is 1.72 bits per heavy atom. The van der Waals surface area contributed by atoms with Gasteiger partial charge in [-0.1, -0.05) is 0 Å². The standard InChI is InChI=1S/C11H22N4O.2ClH/c1-10-9-12-3-4-15(10)11(16)14-7-5-13(2)6-8-14;;/h10,12H,3-9H2,1-2H3;2*1H/t10-;;/m1../s1. The Morgan fingerprint density at radius 3 is 2.28 bits per heavy atom. The first kappa shape index (κ1) is 17.8. The van der Waals surface area contributed by atoms with Gasteiger partial charge in [0.25, 0.3) is 0 Å². The second-order valence-corrected chi connectivity index (χ2v) is 4.82. The third kappa shape index (κ3) is 4.16. The summed E-state index contributed by atoms with van der Waals surface area (Å²) in [4.78, 5) is 18.5. The summed E-state index contributed by atoms with van der Waals surface area (Å²) in [7, 11) is 2.11. The highest BCUT2D eigenvalue weighted by molar-refractivity contribution is 5.85. The van der Waals surface area contributed by atoms with Crippen LogP contribution in [0, 0.1) is 0 Å². The molecule has 1 atom stereocenters. The Hall–Kier alpha value is -0.230. The molecule has 0 aliphatic carbocycles. The number of carbonyl (C=O) groups is 1. The Labute approximate surface area is 122 Å². The van der Waals surface area contributed by atoms with Crippen molar-refractivity contribution < 1.29 is 4.79 Å². The van der Waals surface area contributed by atoms with Crippen molar-refractivity contribution in [1.29, 1.82) is 0 Å². The first-order valence-corrected chi connectivity index (χ1v) is 6.13. The van der Waals surface area contributed by atoms with E-state index in [1.807, 2.05) is 9.80 Å². The fourth-order valence-corrected chi connectivity index (χ4v) is 2.30. The van der Waals surface area contributed by atoms with Crippen LogP contribution < -0.4 is 5.32 Å². The number of nitrogens with zero attached hydrogens (tertiary/aromatic N) is 3. The van der Waals surface area contributed by atoms with E-state index in [1.54, 1.807) is 0 Å². The van der Waals surface area contributed by atoms with Crippen LogP contribution in [-0.4, -0.2) is 79.6 Å². The van der Waals surface area contributed by atoms with E-state index < -0.39 is 0 Å². The number of hydrogen-bond donors (Lipinski definition) is 1. The van der Waals surface area contributed by atoms with Gasteiger partial charge < -0.3 is 20.0 Å². The minimum Gasteiger partial charge on any atom is -0.322 e. The highest BCUT2D eigenvalue weighted by atomic mass is 35.5. The van der Waals surface area contributed by atoms with Crippen molar-refractivity contribution in [2.45, 2.75) is 13.0 Å². The molecule has 0 unspecified atom stereocenters. The average Bonchev–Trinajstić information content (AvgIpc) is 2.30. The van der Waals surface area contributed by atoms with Crippen LogP contribution in [0.25, 0.3) is 0 Å². The van der Waals surface area contributed by atoms with Gasteiger partial charge in [0, 0.05) is 51.9 Å². The molecule has 0 aromatic rings. The minimum absolute atomic E-state index is 0. The molecule has 2 aliphatic heterocycles. The zero-order valence-electron chi connectivity index (χ0n) is 11.1. The van der Waals surface area contributed by atoms with E-state index in [0.29, 0.717) is 6.04 Å². The minimum atomic E-state index is 0. The van der Waals surface area contributed by atoms with Gasteiger partial charge in [-0.25, -0.2) is 4.79 Å². The molecule has 2 saturated heterocycles. The van der Waals surface area contributed by atoms with E-state index in [1.165, 1.54) is 0 Å². The predicted molar refractivity (Wildman–Crippen MR) is 78.0 cm³/mol. The number of rotatable bonds is 0. The Bertz CT molecular complexity index is 259. The van der Waals surface area contributed by atoms with E-state index >= 15 is 0 Å². The molecule has 2 amide bonds. The number of piperazine rings is 2. The third-order valence-corrected chi connectivity index (χ3v) is 3.52. The lowest BCUT2D eigenvalue weighted by Gasteiger charge is -2.40. The lowest BCUT2D eigenvalue weighted by Crippen LogP contribution is -2.58. The van der Waals surface area contributed by atoms with Crippen LogP contribution in [0.4, 0.5) is 4.79 Å². The molecule has 2 rings (SSSR count). The summed E-state index contributed by atoms with van der Waals surface area (Å²) in [5.74, 6) is 0. The number of nitrogens with one attached hydrogen (secondary N) is 1. The van der Waals surface area contributed by atoms with Crippen molar-refractivity contribution in [3.63, 3.8) is 0 Å². The van der Waals surface area contributed by atoms with Crippen LogP contribution in [0.3, 0.4) is 0 Å². The van der Waals surface area contributed by atoms with Crippen LogP contribution in [0.2, 0.25) is 0 Å². The maximum atomic E-state index is 12.3. The second-order valence-electron chi connectivity index (χ2n) is 4.82. The lowest BCUT2D eigenvalue weighted by atomic mass is 10.2. The van der Waals surface area contributed by atoms with Crippen molar-refractivity contribution in [2.75, 3.05) is 52.9 Å². The molecule has 0 saturated carbocycles. The number of halogens is 2. The molecular weight excluding hydrogens is 275 g/mol. The summed E-state index contributed by atoms with van der Waals surface area (Å²) in [6.07, 6.45) is 0. The SMILES string of the molecule is C[C@@H]1CNCCN1C(=O)N1CCN(C)CC1.Cl.Cl. The maximum Gasteiger partial charge on any atom is 0.320 e. The van der Waals surface area contributed by atoms with Gasteiger partial charge in [-0.3, -0.25) is 0 Å². The largest absolute Gasteiger partial charge is 0.322 e. The third-order valence-electron chi connectivity index (χ3n) is 3.52. The van der Waals surface area contributed by atoms with E-state index in [-0.39, 0.29) is 30.8 Å². The lowest BCUT2D eigenvalue weighted by molar-refractivity contribution is 0.103. The topological polar surface area (TPSA) is 38.8 Å². The molecule has 7 heteroatoms. The summed E-state index contributed by atoms with van der Waals surface area (Å²) < 4.78 is 0. The van der Waals surface area contributed by atoms with Crippen molar-refractivity contribution in [3.05, 3.63) is 0 Å². The van der Waals surface area contributed by atoms with Crippen molar-refractivity contribution in [3.8, 4) is 0 Å². The van der Waals surface area contributed by atoms with Crippen LogP contribution in [0.1, 0.15) is 6.92 Å². The molecule has 0 aromatic heterocycles. The molecule has 0 aromatic carbocycles. The Balaban J connectivity index is 0.00000144. The summed E-state index contributed by atoms with van der Waals surface area (Å²) in [6, 6.07) is 0.544. The molecule has 2 heterocycles. The van der Waals surface area contributed by atoms with Gasteiger partial charge in [-0.05, 0) is 14.0 Å². The molecule has 18 heavy (non-hydrogen) atoms. The molecule has 2 fully saturated rings. The first-order valence-electron chi connectivity index (χ1n) is 6.13. The fourth-order valence-electron chi connectivity index (χ4n) is 2.30. The van der Waals surface area contributed by atoms with Gasteiger partial charge in [-0.15, -0.1) is 24.8 Å². The Morgan fingerprint density at radius 1 is 1.11 bits per heavy atom. The van der Waals surface area contributed by atoms with Gasteiger partial charge in [0.15, 0.2) is 0 Å². The van der Waals surface area contributed by atoms with Crippen molar-refractivity contribution in [1.82, 2.24) is 20.0 Å². The van der Waals surface area contributed by atoms with Gasteiger partial charge in [0.1, 0.15) is 0 Å². The summed E-state index contributed by atoms with van der Waals surface area (Å²) >= 11 is 0. The molecule has 1 N–H and O–H groups in total. The summed E-state index contributed by atoms with van der Waals surface area (Å²) in [5, 5.41) is 3.31. The maximum absolute atomic E-state index is 12.3. The van der Waals surface area contributed by atoms with Gasteiger partial charge in [0.05, 0.1) is 0 Å². The van der Waals surface area contributed by atoms with Gasteiger partial charge in [0.2, 0.25) is 0 Å². The zero-order valence-corrected chi connectivity index (χ0v) is 12.7. The molecule has 2 aliphatic rings. The number of hydrogen-bond acceptors (Lipinski definition) is 3. The second kappa shape index (κ2) is 8.04. The van der Waals surface area contributed by atoms with Crippen LogP contribution in [0.5, 0.6) is 0 Å². The molecular formula is C11H24Cl2N4O. The van der Waals surface area contributed by atoms with E-state index in [0.717, 1.165) is 45.8 Å². The molecule has 0 bridgehead atoms. The molecule has 5 nitrogen and oxygen atoms in total. The highest BCUT2D eigenvalue weighted by Crippen LogP contribution is 2.09. The van der Waals surface area contributed by atoms with E-state index in [9.17, 15) is 4.79 Å². The van der Waals surface area contributed by atoms with Crippen molar-refractivity contribution >= 4 is 30.8 Å². The number of carbonyl (C=O) groups excluding carboxylic acids is 1.